The van der Waals surface area contributed by atoms with Crippen LogP contribution in [0.2, 0.25) is 0 Å². The van der Waals surface area contributed by atoms with E-state index in [1.807, 2.05) is 0 Å². The first-order valence-electron chi connectivity index (χ1n) is 9.48. The van der Waals surface area contributed by atoms with Crippen LogP contribution in [0.25, 0.3) is 0 Å². The van der Waals surface area contributed by atoms with Crippen LogP contribution in [-0.2, 0) is 16.6 Å². The molecule has 2 fully saturated rings. The van der Waals surface area contributed by atoms with Crippen LogP contribution in [0.5, 0.6) is 0 Å². The maximum atomic E-state index is 5.65. The van der Waals surface area contributed by atoms with Gasteiger partial charge in [-0.1, -0.05) is 20.8 Å². The first kappa shape index (κ1) is 18.6. The number of thiazole rings is 1. The van der Waals surface area contributed by atoms with Crippen molar-refractivity contribution in [3.63, 3.8) is 0 Å². The van der Waals surface area contributed by atoms with Crippen LogP contribution >= 0.6 is 11.3 Å². The van der Waals surface area contributed by atoms with Gasteiger partial charge >= 0.3 is 0 Å². The average molecular weight is 365 g/mol. The van der Waals surface area contributed by atoms with Crippen LogP contribution in [-0.4, -0.2) is 55.2 Å². The Morgan fingerprint density at radius 1 is 1.44 bits per heavy atom. The minimum atomic E-state index is 0.125. The van der Waals surface area contributed by atoms with Crippen molar-refractivity contribution < 1.29 is 4.74 Å². The van der Waals surface area contributed by atoms with Crippen molar-refractivity contribution in [3.8, 4) is 0 Å². The standard InChI is InChI=1S/C19H32N4OS/c1-5-20-17(23-10-7-19(13-23)8-11-24-14-19)21-9-6-16-22-15(12-25-16)18(2,3)4/h12H,5-11,13-14H2,1-4H3,(H,20,21). The highest BCUT2D eigenvalue weighted by Crippen LogP contribution is 2.38. The normalized spacial score (nSPS) is 24.5. The van der Waals surface area contributed by atoms with E-state index in [0.717, 1.165) is 51.8 Å². The molecule has 1 N–H and O–H groups in total. The Labute approximate surface area is 155 Å². The molecule has 0 bridgehead atoms. The zero-order valence-electron chi connectivity index (χ0n) is 16.1. The highest BCUT2D eigenvalue weighted by atomic mass is 32.1. The molecule has 1 unspecified atom stereocenters. The van der Waals surface area contributed by atoms with Crippen LogP contribution in [0.15, 0.2) is 10.4 Å². The van der Waals surface area contributed by atoms with E-state index in [1.165, 1.54) is 23.5 Å². The molecule has 1 aromatic heterocycles. The molecule has 1 aromatic rings. The second-order valence-electron chi connectivity index (χ2n) is 8.34. The molecule has 2 aliphatic heterocycles. The van der Waals surface area contributed by atoms with Gasteiger partial charge in [-0.2, -0.15) is 0 Å². The van der Waals surface area contributed by atoms with Gasteiger partial charge in [-0.15, -0.1) is 11.3 Å². The topological polar surface area (TPSA) is 49.8 Å². The molecule has 0 aliphatic carbocycles. The van der Waals surface area contributed by atoms with E-state index >= 15 is 0 Å². The van der Waals surface area contributed by atoms with E-state index in [9.17, 15) is 0 Å². The maximum Gasteiger partial charge on any atom is 0.193 e. The highest BCUT2D eigenvalue weighted by molar-refractivity contribution is 7.09. The molecule has 5 nitrogen and oxygen atoms in total. The summed E-state index contributed by atoms with van der Waals surface area (Å²) in [5.41, 5.74) is 1.68. The maximum absolute atomic E-state index is 5.65. The molecule has 0 saturated carbocycles. The number of nitrogens with zero attached hydrogens (tertiary/aromatic N) is 3. The second kappa shape index (κ2) is 7.62. The molecule has 3 heterocycles. The van der Waals surface area contributed by atoms with Gasteiger partial charge in [0.05, 0.1) is 17.3 Å². The minimum absolute atomic E-state index is 0.125. The smallest absolute Gasteiger partial charge is 0.193 e. The fourth-order valence-electron chi connectivity index (χ4n) is 3.54. The number of hydrogen-bond acceptors (Lipinski definition) is 4. The molecule has 1 spiro atoms. The van der Waals surface area contributed by atoms with E-state index in [2.05, 4.69) is 43.3 Å². The number of aliphatic imine (C=N–C) groups is 1. The van der Waals surface area contributed by atoms with Crippen molar-refractivity contribution >= 4 is 17.3 Å². The summed E-state index contributed by atoms with van der Waals surface area (Å²) in [6.07, 6.45) is 3.33. The van der Waals surface area contributed by atoms with E-state index < -0.39 is 0 Å². The van der Waals surface area contributed by atoms with Gasteiger partial charge in [0, 0.05) is 55.4 Å². The van der Waals surface area contributed by atoms with Gasteiger partial charge in [-0.25, -0.2) is 4.98 Å². The Balaban J connectivity index is 1.58. The zero-order valence-corrected chi connectivity index (χ0v) is 16.9. The molecular weight excluding hydrogens is 332 g/mol. The molecule has 0 aromatic carbocycles. The summed E-state index contributed by atoms with van der Waals surface area (Å²) in [6, 6.07) is 0. The van der Waals surface area contributed by atoms with Crippen LogP contribution in [0, 0.1) is 5.41 Å². The third-order valence-electron chi connectivity index (χ3n) is 5.17. The lowest BCUT2D eigenvalue weighted by molar-refractivity contribution is 0.156. The van der Waals surface area contributed by atoms with Gasteiger partial charge < -0.3 is 15.0 Å². The van der Waals surface area contributed by atoms with Gasteiger partial charge in [0.15, 0.2) is 5.96 Å². The Kier molecular flexibility index (Phi) is 5.68. The van der Waals surface area contributed by atoms with Gasteiger partial charge in [0.25, 0.3) is 0 Å². The Morgan fingerprint density at radius 2 is 2.28 bits per heavy atom. The minimum Gasteiger partial charge on any atom is -0.381 e. The van der Waals surface area contributed by atoms with Crippen LogP contribution in [0.3, 0.4) is 0 Å². The van der Waals surface area contributed by atoms with Crippen molar-refractivity contribution in [3.05, 3.63) is 16.1 Å². The van der Waals surface area contributed by atoms with Crippen molar-refractivity contribution in [2.45, 2.75) is 52.4 Å². The Morgan fingerprint density at radius 3 is 2.92 bits per heavy atom. The van der Waals surface area contributed by atoms with Crippen molar-refractivity contribution in [1.82, 2.24) is 15.2 Å². The Bertz CT molecular complexity index is 599. The quantitative estimate of drug-likeness (QED) is 0.659. The van der Waals surface area contributed by atoms with Crippen molar-refractivity contribution in [2.24, 2.45) is 10.4 Å². The summed E-state index contributed by atoms with van der Waals surface area (Å²) in [4.78, 5) is 12.1. The predicted molar refractivity (Wildman–Crippen MR) is 105 cm³/mol. The van der Waals surface area contributed by atoms with Gasteiger partial charge in [0.2, 0.25) is 0 Å². The third-order valence-corrected chi connectivity index (χ3v) is 6.07. The van der Waals surface area contributed by atoms with Crippen LogP contribution in [0.4, 0.5) is 0 Å². The molecule has 1 atom stereocenters. The summed E-state index contributed by atoms with van der Waals surface area (Å²) in [7, 11) is 0. The number of nitrogens with one attached hydrogen (secondary N) is 1. The highest BCUT2D eigenvalue weighted by Gasteiger charge is 2.42. The van der Waals surface area contributed by atoms with E-state index in [4.69, 9.17) is 14.7 Å². The van der Waals surface area contributed by atoms with Crippen LogP contribution in [0.1, 0.15) is 51.2 Å². The molecule has 2 aliphatic rings. The van der Waals surface area contributed by atoms with E-state index in [1.54, 1.807) is 11.3 Å². The van der Waals surface area contributed by atoms with E-state index in [0.29, 0.717) is 5.41 Å². The fourth-order valence-corrected chi connectivity index (χ4v) is 4.55. The molecular formula is C19H32N4OS. The summed E-state index contributed by atoms with van der Waals surface area (Å²) < 4.78 is 5.65. The lowest BCUT2D eigenvalue weighted by Crippen LogP contribution is -2.41. The average Bonchev–Trinajstić information content (AvgIpc) is 3.29. The third kappa shape index (κ3) is 4.53. The predicted octanol–water partition coefficient (Wildman–Crippen LogP) is 3.06. The molecule has 25 heavy (non-hydrogen) atoms. The van der Waals surface area contributed by atoms with Crippen LogP contribution < -0.4 is 5.32 Å². The zero-order chi connectivity index (χ0) is 17.9. The molecule has 6 heteroatoms. The molecule has 0 amide bonds. The molecule has 3 rings (SSSR count). The first-order valence-corrected chi connectivity index (χ1v) is 10.4. The summed E-state index contributed by atoms with van der Waals surface area (Å²) >= 11 is 1.76. The van der Waals surface area contributed by atoms with Crippen molar-refractivity contribution in [2.75, 3.05) is 39.4 Å². The van der Waals surface area contributed by atoms with Gasteiger partial charge in [-0.3, -0.25) is 4.99 Å². The summed E-state index contributed by atoms with van der Waals surface area (Å²) in [5, 5.41) is 6.84. The summed E-state index contributed by atoms with van der Waals surface area (Å²) in [6.45, 7) is 14.5. The SMILES string of the molecule is CCNC(=NCCc1nc(C(C)(C)C)cs1)N1CCC2(CCOC2)C1. The second-order valence-corrected chi connectivity index (χ2v) is 9.28. The number of hydrogen-bond donors (Lipinski definition) is 1. The number of aromatic nitrogens is 1. The van der Waals surface area contributed by atoms with Crippen molar-refractivity contribution in [1.29, 1.82) is 0 Å². The Hall–Kier alpha value is -1.14. The molecule has 2 saturated heterocycles. The number of rotatable bonds is 4. The lowest BCUT2D eigenvalue weighted by atomic mass is 9.87. The largest absolute Gasteiger partial charge is 0.381 e. The monoisotopic (exact) mass is 364 g/mol. The van der Waals surface area contributed by atoms with Gasteiger partial charge in [-0.05, 0) is 19.8 Å². The summed E-state index contributed by atoms with van der Waals surface area (Å²) in [5.74, 6) is 1.05. The molecule has 140 valence electrons. The van der Waals surface area contributed by atoms with E-state index in [-0.39, 0.29) is 5.41 Å². The molecule has 0 radical (unpaired) electrons. The number of ether oxygens (including phenoxy) is 1. The fraction of sp³-hybridized carbons (Fsp3) is 0.789. The number of likely N-dealkylation sites (tertiary alicyclic amines) is 1. The number of guanidine groups is 1. The lowest BCUT2D eigenvalue weighted by Gasteiger charge is -2.24. The first-order chi connectivity index (χ1) is 11.9. The van der Waals surface area contributed by atoms with Gasteiger partial charge in [0.1, 0.15) is 0 Å².